The van der Waals surface area contributed by atoms with Crippen molar-refractivity contribution in [2.24, 2.45) is 0 Å². The van der Waals surface area contributed by atoms with Crippen LogP contribution in [0.2, 0.25) is 0 Å². The lowest BCUT2D eigenvalue weighted by molar-refractivity contribution is -0.144. The standard InChI is InChI=1S/C24H23N5O6S/c1-4-33-23(32)22-21(16-7-5-6-8-18(16)35-22)25-19(30)12-34-20(31)13-36-24-26-27-28-29(24)17-11-14(2)9-10-15(17)3/h5-11H,4,12-13H2,1-3H3,(H,25,30). The molecule has 0 radical (unpaired) electrons. The number of hydrogen-bond acceptors (Lipinski definition) is 10. The zero-order valence-corrected chi connectivity index (χ0v) is 20.6. The largest absolute Gasteiger partial charge is 0.460 e. The van der Waals surface area contributed by atoms with Crippen LogP contribution in [-0.4, -0.2) is 57.0 Å². The number of rotatable bonds is 9. The Balaban J connectivity index is 1.36. The number of benzene rings is 2. The maximum absolute atomic E-state index is 12.5. The van der Waals surface area contributed by atoms with Crippen LogP contribution in [0.25, 0.3) is 16.7 Å². The summed E-state index contributed by atoms with van der Waals surface area (Å²) in [6.07, 6.45) is 0. The van der Waals surface area contributed by atoms with Crippen molar-refractivity contribution >= 4 is 46.3 Å². The maximum atomic E-state index is 12.5. The maximum Gasteiger partial charge on any atom is 0.376 e. The molecule has 4 aromatic rings. The van der Waals surface area contributed by atoms with E-state index in [9.17, 15) is 14.4 Å². The Morgan fingerprint density at radius 2 is 1.92 bits per heavy atom. The molecule has 2 aromatic carbocycles. The number of hydrogen-bond donors (Lipinski definition) is 1. The molecule has 2 aromatic heterocycles. The molecule has 0 unspecified atom stereocenters. The molecule has 11 nitrogen and oxygen atoms in total. The summed E-state index contributed by atoms with van der Waals surface area (Å²) < 4.78 is 17.2. The number of aromatic nitrogens is 4. The number of furan rings is 1. The fourth-order valence-electron chi connectivity index (χ4n) is 3.36. The van der Waals surface area contributed by atoms with Gasteiger partial charge in [0.1, 0.15) is 11.3 Å². The van der Waals surface area contributed by atoms with Gasteiger partial charge in [-0.05, 0) is 60.5 Å². The van der Waals surface area contributed by atoms with E-state index in [0.29, 0.717) is 16.1 Å². The normalized spacial score (nSPS) is 10.9. The number of aryl methyl sites for hydroxylation is 2. The fraction of sp³-hybridized carbons (Fsp3) is 0.250. The van der Waals surface area contributed by atoms with Gasteiger partial charge in [0.05, 0.1) is 18.0 Å². The first-order valence-electron chi connectivity index (χ1n) is 11.0. The molecule has 1 N–H and O–H groups in total. The summed E-state index contributed by atoms with van der Waals surface area (Å²) in [5, 5.41) is 15.2. The average molecular weight is 510 g/mol. The number of nitrogens with one attached hydrogen (secondary N) is 1. The van der Waals surface area contributed by atoms with E-state index in [0.717, 1.165) is 28.6 Å². The van der Waals surface area contributed by atoms with Gasteiger partial charge < -0.3 is 19.2 Å². The van der Waals surface area contributed by atoms with Crippen LogP contribution in [0.4, 0.5) is 5.69 Å². The third kappa shape index (κ3) is 5.54. The smallest absolute Gasteiger partial charge is 0.376 e. The van der Waals surface area contributed by atoms with Gasteiger partial charge in [0, 0.05) is 5.39 Å². The van der Waals surface area contributed by atoms with Gasteiger partial charge in [0.25, 0.3) is 5.91 Å². The summed E-state index contributed by atoms with van der Waals surface area (Å²) in [7, 11) is 0. The minimum absolute atomic E-state index is 0.110. The summed E-state index contributed by atoms with van der Waals surface area (Å²) in [5.74, 6) is -2.22. The second-order valence-corrected chi connectivity index (χ2v) is 8.63. The lowest BCUT2D eigenvalue weighted by Crippen LogP contribution is -2.22. The summed E-state index contributed by atoms with van der Waals surface area (Å²) >= 11 is 1.09. The van der Waals surface area contributed by atoms with Gasteiger partial charge in [-0.15, -0.1) is 5.10 Å². The summed E-state index contributed by atoms with van der Waals surface area (Å²) in [6.45, 7) is 5.16. The highest BCUT2D eigenvalue weighted by Crippen LogP contribution is 2.31. The van der Waals surface area contributed by atoms with E-state index in [4.69, 9.17) is 13.9 Å². The second-order valence-electron chi connectivity index (χ2n) is 7.68. The second kappa shape index (κ2) is 11.0. The first-order chi connectivity index (χ1) is 17.4. The van der Waals surface area contributed by atoms with Crippen LogP contribution in [-0.2, 0) is 19.1 Å². The Morgan fingerprint density at radius 1 is 1.11 bits per heavy atom. The van der Waals surface area contributed by atoms with E-state index >= 15 is 0 Å². The lowest BCUT2D eigenvalue weighted by atomic mass is 10.1. The number of nitrogens with zero attached hydrogens (tertiary/aromatic N) is 4. The van der Waals surface area contributed by atoms with Crippen LogP contribution in [0.15, 0.2) is 52.0 Å². The number of amides is 1. The zero-order valence-electron chi connectivity index (χ0n) is 19.8. The van der Waals surface area contributed by atoms with Gasteiger partial charge >= 0.3 is 11.9 Å². The van der Waals surface area contributed by atoms with Crippen LogP contribution < -0.4 is 5.32 Å². The number of fused-ring (bicyclic) bond motifs is 1. The Labute approximate surface area is 210 Å². The average Bonchev–Trinajstić information content (AvgIpc) is 3.48. The molecule has 0 bridgehead atoms. The minimum Gasteiger partial charge on any atom is -0.460 e. The monoisotopic (exact) mass is 509 g/mol. The first kappa shape index (κ1) is 24.9. The molecule has 0 atom stereocenters. The summed E-state index contributed by atoms with van der Waals surface area (Å²) in [4.78, 5) is 37.1. The summed E-state index contributed by atoms with van der Waals surface area (Å²) in [5.41, 5.74) is 3.39. The van der Waals surface area contributed by atoms with Crippen molar-refractivity contribution in [1.82, 2.24) is 20.2 Å². The van der Waals surface area contributed by atoms with E-state index in [1.54, 1.807) is 35.9 Å². The molecule has 12 heteroatoms. The van der Waals surface area contributed by atoms with Crippen LogP contribution in [0, 0.1) is 13.8 Å². The topological polar surface area (TPSA) is 138 Å². The number of anilines is 1. The van der Waals surface area contributed by atoms with Crippen molar-refractivity contribution in [3.05, 3.63) is 59.4 Å². The molecule has 0 saturated heterocycles. The van der Waals surface area contributed by atoms with Crippen molar-refractivity contribution in [3.8, 4) is 5.69 Å². The SMILES string of the molecule is CCOC(=O)c1oc2ccccc2c1NC(=O)COC(=O)CSc1nnnn1-c1cc(C)ccc1C. The van der Waals surface area contributed by atoms with E-state index in [-0.39, 0.29) is 23.8 Å². The van der Waals surface area contributed by atoms with E-state index in [2.05, 4.69) is 20.8 Å². The molecular weight excluding hydrogens is 486 g/mol. The van der Waals surface area contributed by atoms with Crippen LogP contribution in [0.1, 0.15) is 28.6 Å². The van der Waals surface area contributed by atoms with Crippen molar-refractivity contribution < 1.29 is 28.3 Å². The predicted molar refractivity (Wildman–Crippen MR) is 131 cm³/mol. The van der Waals surface area contributed by atoms with Crippen molar-refractivity contribution in [2.75, 3.05) is 24.3 Å². The van der Waals surface area contributed by atoms with Crippen LogP contribution >= 0.6 is 11.8 Å². The molecule has 0 saturated carbocycles. The highest BCUT2D eigenvalue weighted by Gasteiger charge is 2.23. The molecule has 1 amide bonds. The number of carbonyl (C=O) groups is 3. The van der Waals surface area contributed by atoms with Gasteiger partial charge in [-0.3, -0.25) is 9.59 Å². The van der Waals surface area contributed by atoms with Crippen molar-refractivity contribution in [3.63, 3.8) is 0 Å². The molecule has 4 rings (SSSR count). The van der Waals surface area contributed by atoms with Crippen LogP contribution in [0.3, 0.4) is 0 Å². The van der Waals surface area contributed by atoms with Gasteiger partial charge in [-0.25, -0.2) is 4.79 Å². The Bertz CT molecular complexity index is 1430. The van der Waals surface area contributed by atoms with Gasteiger partial charge in [0.15, 0.2) is 6.61 Å². The van der Waals surface area contributed by atoms with Gasteiger partial charge in [-0.2, -0.15) is 4.68 Å². The number of para-hydroxylation sites is 1. The number of carbonyl (C=O) groups excluding carboxylic acids is 3. The molecule has 2 heterocycles. The molecule has 0 spiro atoms. The van der Waals surface area contributed by atoms with Crippen molar-refractivity contribution in [1.29, 1.82) is 0 Å². The number of tetrazole rings is 1. The predicted octanol–water partition coefficient (Wildman–Crippen LogP) is 3.48. The Kier molecular flexibility index (Phi) is 7.64. The van der Waals surface area contributed by atoms with E-state index in [1.165, 1.54) is 0 Å². The third-order valence-corrected chi connectivity index (χ3v) is 5.93. The Morgan fingerprint density at radius 3 is 2.72 bits per heavy atom. The van der Waals surface area contributed by atoms with Gasteiger partial charge in [-0.1, -0.05) is 36.0 Å². The minimum atomic E-state index is -0.709. The first-order valence-corrected chi connectivity index (χ1v) is 12.0. The lowest BCUT2D eigenvalue weighted by Gasteiger charge is -2.09. The van der Waals surface area contributed by atoms with E-state index < -0.39 is 24.5 Å². The number of thioether (sulfide) groups is 1. The quantitative estimate of drug-likeness (QED) is 0.263. The molecule has 36 heavy (non-hydrogen) atoms. The Hall–Kier alpha value is -4.19. The van der Waals surface area contributed by atoms with E-state index in [1.807, 2.05) is 32.0 Å². The molecule has 186 valence electrons. The molecule has 0 aliphatic carbocycles. The van der Waals surface area contributed by atoms with Gasteiger partial charge in [0.2, 0.25) is 10.9 Å². The molecule has 0 fully saturated rings. The fourth-order valence-corrected chi connectivity index (χ4v) is 4.05. The molecule has 0 aliphatic rings. The molecule has 0 aliphatic heterocycles. The molecular formula is C24H23N5O6S. The highest BCUT2D eigenvalue weighted by atomic mass is 32.2. The summed E-state index contributed by atoms with van der Waals surface area (Å²) in [6, 6.07) is 12.7. The van der Waals surface area contributed by atoms with Crippen LogP contribution in [0.5, 0.6) is 0 Å². The highest BCUT2D eigenvalue weighted by molar-refractivity contribution is 7.99. The zero-order chi connectivity index (χ0) is 25.7. The van der Waals surface area contributed by atoms with Crippen molar-refractivity contribution in [2.45, 2.75) is 25.9 Å². The third-order valence-electron chi connectivity index (χ3n) is 5.04. The number of ether oxygens (including phenoxy) is 2. The number of esters is 2.